The SMILES string of the molecule is CCC(C)C.CCCC(CC)N1CCC1. The Balaban J connectivity index is 0.000000336. The van der Waals surface area contributed by atoms with E-state index in [-0.39, 0.29) is 0 Å². The maximum Gasteiger partial charge on any atom is 0.00925 e. The Kier molecular flexibility index (Phi) is 9.18. The summed E-state index contributed by atoms with van der Waals surface area (Å²) < 4.78 is 0. The Morgan fingerprint density at radius 1 is 1.00 bits per heavy atom. The minimum atomic E-state index is 0.884. The van der Waals surface area contributed by atoms with Crippen molar-refractivity contribution < 1.29 is 0 Å². The topological polar surface area (TPSA) is 3.24 Å². The van der Waals surface area contributed by atoms with Crippen LogP contribution in [0.4, 0.5) is 0 Å². The van der Waals surface area contributed by atoms with Crippen LogP contribution in [0.15, 0.2) is 0 Å². The lowest BCUT2D eigenvalue weighted by Crippen LogP contribution is -2.44. The van der Waals surface area contributed by atoms with Crippen LogP contribution in [0.1, 0.15) is 66.7 Å². The third kappa shape index (κ3) is 6.94. The van der Waals surface area contributed by atoms with E-state index >= 15 is 0 Å². The zero-order valence-electron chi connectivity index (χ0n) is 11.6. The molecule has 0 aromatic carbocycles. The molecule has 1 rings (SSSR count). The highest BCUT2D eigenvalue weighted by Gasteiger charge is 2.20. The second-order valence-corrected chi connectivity index (χ2v) is 5.04. The normalized spacial score (nSPS) is 18.0. The van der Waals surface area contributed by atoms with Gasteiger partial charge in [-0.1, -0.05) is 47.5 Å². The van der Waals surface area contributed by atoms with Crippen LogP contribution in [0, 0.1) is 5.92 Å². The van der Waals surface area contributed by atoms with Crippen molar-refractivity contribution in [2.45, 2.75) is 72.8 Å². The Hall–Kier alpha value is -0.0400. The van der Waals surface area contributed by atoms with Crippen LogP contribution < -0.4 is 0 Å². The molecular formula is C14H31N. The standard InChI is InChI=1S/C9H19N.C5H12/c1-3-6-9(4-2)10-7-5-8-10;1-4-5(2)3/h9H,3-8H2,1-2H3;5H,4H2,1-3H3. The van der Waals surface area contributed by atoms with E-state index < -0.39 is 0 Å². The quantitative estimate of drug-likeness (QED) is 0.657. The number of nitrogens with zero attached hydrogens (tertiary/aromatic N) is 1. The van der Waals surface area contributed by atoms with Crippen molar-refractivity contribution in [3.05, 3.63) is 0 Å². The summed E-state index contributed by atoms with van der Waals surface area (Å²) >= 11 is 0. The fraction of sp³-hybridized carbons (Fsp3) is 1.00. The molecule has 0 spiro atoms. The van der Waals surface area contributed by atoms with Crippen molar-refractivity contribution in [3.8, 4) is 0 Å². The lowest BCUT2D eigenvalue weighted by molar-refractivity contribution is 0.108. The number of hydrogen-bond donors (Lipinski definition) is 0. The molecule has 0 aromatic rings. The van der Waals surface area contributed by atoms with Gasteiger partial charge in [0.15, 0.2) is 0 Å². The summed E-state index contributed by atoms with van der Waals surface area (Å²) in [6.07, 6.45) is 6.82. The first-order valence-electron chi connectivity index (χ1n) is 6.89. The van der Waals surface area contributed by atoms with E-state index in [1.807, 2.05) is 0 Å². The molecule has 1 atom stereocenters. The highest BCUT2D eigenvalue weighted by molar-refractivity contribution is 4.76. The van der Waals surface area contributed by atoms with Gasteiger partial charge in [-0.2, -0.15) is 0 Å². The zero-order chi connectivity index (χ0) is 11.7. The van der Waals surface area contributed by atoms with E-state index in [9.17, 15) is 0 Å². The van der Waals surface area contributed by atoms with Crippen LogP contribution in [0.5, 0.6) is 0 Å². The average molecular weight is 213 g/mol. The number of likely N-dealkylation sites (tertiary alicyclic amines) is 1. The highest BCUT2D eigenvalue weighted by atomic mass is 15.2. The van der Waals surface area contributed by atoms with Gasteiger partial charge in [-0.15, -0.1) is 0 Å². The second-order valence-electron chi connectivity index (χ2n) is 5.04. The first kappa shape index (κ1) is 15.0. The first-order valence-corrected chi connectivity index (χ1v) is 6.89. The molecular weight excluding hydrogens is 182 g/mol. The van der Waals surface area contributed by atoms with Gasteiger partial charge in [-0.3, -0.25) is 0 Å². The third-order valence-corrected chi connectivity index (χ3v) is 3.32. The molecule has 0 aromatic heterocycles. The maximum atomic E-state index is 2.61. The molecule has 0 amide bonds. The summed E-state index contributed by atoms with van der Waals surface area (Å²) in [5, 5.41) is 0. The molecule has 0 N–H and O–H groups in total. The molecule has 0 bridgehead atoms. The summed E-state index contributed by atoms with van der Waals surface area (Å²) in [5.41, 5.74) is 0. The van der Waals surface area contributed by atoms with Gasteiger partial charge in [0, 0.05) is 6.04 Å². The van der Waals surface area contributed by atoms with E-state index in [1.54, 1.807) is 0 Å². The van der Waals surface area contributed by atoms with Crippen molar-refractivity contribution in [1.29, 1.82) is 0 Å². The van der Waals surface area contributed by atoms with Gasteiger partial charge >= 0.3 is 0 Å². The molecule has 1 aliphatic heterocycles. The summed E-state index contributed by atoms with van der Waals surface area (Å²) in [5.74, 6) is 0.884. The highest BCUT2D eigenvalue weighted by Crippen LogP contribution is 2.17. The zero-order valence-corrected chi connectivity index (χ0v) is 11.6. The molecule has 1 fully saturated rings. The fourth-order valence-corrected chi connectivity index (χ4v) is 1.68. The van der Waals surface area contributed by atoms with Crippen LogP contribution in [-0.2, 0) is 0 Å². The summed E-state index contributed by atoms with van der Waals surface area (Å²) in [6, 6.07) is 0.902. The van der Waals surface area contributed by atoms with E-state index in [1.165, 1.54) is 45.2 Å². The van der Waals surface area contributed by atoms with Crippen LogP contribution >= 0.6 is 0 Å². The van der Waals surface area contributed by atoms with E-state index in [4.69, 9.17) is 0 Å². The Morgan fingerprint density at radius 2 is 1.53 bits per heavy atom. The van der Waals surface area contributed by atoms with Crippen LogP contribution in [0.2, 0.25) is 0 Å². The van der Waals surface area contributed by atoms with Gasteiger partial charge in [0.2, 0.25) is 0 Å². The lowest BCUT2D eigenvalue weighted by atomic mass is 10.0. The molecule has 1 aliphatic rings. The van der Waals surface area contributed by atoms with Crippen LogP contribution in [0.3, 0.4) is 0 Å². The molecule has 1 unspecified atom stereocenters. The molecule has 92 valence electrons. The minimum Gasteiger partial charge on any atom is -0.300 e. The van der Waals surface area contributed by atoms with Gasteiger partial charge < -0.3 is 4.90 Å². The fourth-order valence-electron chi connectivity index (χ4n) is 1.68. The average Bonchev–Trinajstić information content (AvgIpc) is 2.15. The van der Waals surface area contributed by atoms with Crippen LogP contribution in [-0.4, -0.2) is 24.0 Å². The van der Waals surface area contributed by atoms with Crippen molar-refractivity contribution in [1.82, 2.24) is 4.90 Å². The monoisotopic (exact) mass is 213 g/mol. The Bertz CT molecular complexity index is 127. The van der Waals surface area contributed by atoms with Crippen molar-refractivity contribution >= 4 is 0 Å². The molecule has 1 nitrogen and oxygen atoms in total. The van der Waals surface area contributed by atoms with Gasteiger partial charge in [0.1, 0.15) is 0 Å². The summed E-state index contributed by atoms with van der Waals surface area (Å²) in [4.78, 5) is 2.61. The van der Waals surface area contributed by atoms with Crippen molar-refractivity contribution in [3.63, 3.8) is 0 Å². The maximum absolute atomic E-state index is 2.61. The first-order chi connectivity index (χ1) is 7.15. The Labute approximate surface area is 97.2 Å². The van der Waals surface area contributed by atoms with E-state index in [0.717, 1.165) is 12.0 Å². The molecule has 0 aliphatic carbocycles. The minimum absolute atomic E-state index is 0.884. The Morgan fingerprint density at radius 3 is 1.73 bits per heavy atom. The summed E-state index contributed by atoms with van der Waals surface area (Å²) in [7, 11) is 0. The molecule has 0 saturated carbocycles. The van der Waals surface area contributed by atoms with Crippen molar-refractivity contribution in [2.75, 3.05) is 13.1 Å². The summed E-state index contributed by atoms with van der Waals surface area (Å²) in [6.45, 7) is 13.9. The van der Waals surface area contributed by atoms with Crippen molar-refractivity contribution in [2.24, 2.45) is 5.92 Å². The van der Waals surface area contributed by atoms with E-state index in [0.29, 0.717) is 0 Å². The molecule has 1 saturated heterocycles. The van der Waals surface area contributed by atoms with Gasteiger partial charge in [-0.25, -0.2) is 0 Å². The largest absolute Gasteiger partial charge is 0.300 e. The predicted molar refractivity (Wildman–Crippen MR) is 70.3 cm³/mol. The van der Waals surface area contributed by atoms with Gasteiger partial charge in [0.25, 0.3) is 0 Å². The lowest BCUT2D eigenvalue weighted by Gasteiger charge is -2.38. The molecule has 0 radical (unpaired) electrons. The predicted octanol–water partition coefficient (Wildman–Crippen LogP) is 4.32. The molecule has 1 heterocycles. The number of hydrogen-bond acceptors (Lipinski definition) is 1. The third-order valence-electron chi connectivity index (χ3n) is 3.32. The van der Waals surface area contributed by atoms with Crippen LogP contribution in [0.25, 0.3) is 0 Å². The number of rotatable bonds is 5. The smallest absolute Gasteiger partial charge is 0.00925 e. The van der Waals surface area contributed by atoms with E-state index in [2.05, 4.69) is 39.5 Å². The molecule has 1 heteroatoms. The molecule has 15 heavy (non-hydrogen) atoms. The van der Waals surface area contributed by atoms with Gasteiger partial charge in [0.05, 0.1) is 0 Å². The van der Waals surface area contributed by atoms with Gasteiger partial charge in [-0.05, 0) is 38.3 Å². The second kappa shape index (κ2) is 9.21.